The second kappa shape index (κ2) is 6.57. The summed E-state index contributed by atoms with van der Waals surface area (Å²) in [7, 11) is -4.15. The minimum Gasteiger partial charge on any atom is -0.258 e. The van der Waals surface area contributed by atoms with E-state index in [1.165, 1.54) is 18.2 Å². The Morgan fingerprint density at radius 2 is 1.76 bits per heavy atom. The van der Waals surface area contributed by atoms with Gasteiger partial charge < -0.3 is 0 Å². The van der Waals surface area contributed by atoms with Crippen molar-refractivity contribution in [2.75, 3.05) is 4.72 Å². The quantitative estimate of drug-likeness (QED) is 0.540. The summed E-state index contributed by atoms with van der Waals surface area (Å²) >= 11 is 1.05. The predicted octanol–water partition coefficient (Wildman–Crippen LogP) is 3.22. The van der Waals surface area contributed by atoms with E-state index in [-0.39, 0.29) is 5.13 Å². The van der Waals surface area contributed by atoms with Gasteiger partial charge in [-0.25, -0.2) is 8.42 Å². The molecule has 8 nitrogen and oxygen atoms in total. The lowest BCUT2D eigenvalue weighted by Gasteiger charge is -2.04. The van der Waals surface area contributed by atoms with E-state index in [1.807, 2.05) is 31.2 Å². The largest absolute Gasteiger partial charge is 0.289 e. The van der Waals surface area contributed by atoms with E-state index in [4.69, 9.17) is 0 Å². The molecule has 0 aliphatic carbocycles. The molecule has 0 fully saturated rings. The van der Waals surface area contributed by atoms with E-state index in [1.54, 1.807) is 0 Å². The number of nitro benzene ring substituents is 1. The molecule has 0 aliphatic heterocycles. The van der Waals surface area contributed by atoms with Gasteiger partial charge in [0.2, 0.25) is 5.13 Å². The molecule has 1 heterocycles. The van der Waals surface area contributed by atoms with E-state index in [0.717, 1.165) is 28.5 Å². The zero-order valence-electron chi connectivity index (χ0n) is 12.9. The van der Waals surface area contributed by atoms with Crippen LogP contribution < -0.4 is 4.72 Å². The highest BCUT2D eigenvalue weighted by molar-refractivity contribution is 7.93. The topological polar surface area (TPSA) is 115 Å². The van der Waals surface area contributed by atoms with Crippen LogP contribution in [0, 0.1) is 17.0 Å². The lowest BCUT2D eigenvalue weighted by Crippen LogP contribution is -2.14. The first-order valence-corrected chi connectivity index (χ1v) is 9.33. The first kappa shape index (κ1) is 17.0. The lowest BCUT2D eigenvalue weighted by molar-refractivity contribution is -0.387. The monoisotopic (exact) mass is 376 g/mol. The minimum atomic E-state index is -4.15. The summed E-state index contributed by atoms with van der Waals surface area (Å²) in [6, 6.07) is 12.7. The number of para-hydroxylation sites is 1. The van der Waals surface area contributed by atoms with Crippen LogP contribution in [0.4, 0.5) is 10.8 Å². The van der Waals surface area contributed by atoms with Crippen molar-refractivity contribution in [3.05, 3.63) is 64.2 Å². The molecule has 0 radical (unpaired) electrons. The Kier molecular flexibility index (Phi) is 4.47. The van der Waals surface area contributed by atoms with Gasteiger partial charge in [0.25, 0.3) is 15.7 Å². The maximum Gasteiger partial charge on any atom is 0.289 e. The van der Waals surface area contributed by atoms with Crippen molar-refractivity contribution < 1.29 is 13.3 Å². The number of hydrogen-bond donors (Lipinski definition) is 1. The van der Waals surface area contributed by atoms with Crippen LogP contribution >= 0.6 is 11.3 Å². The molecule has 2 aromatic carbocycles. The van der Waals surface area contributed by atoms with Crippen molar-refractivity contribution in [2.24, 2.45) is 0 Å². The van der Waals surface area contributed by atoms with E-state index < -0.39 is 25.5 Å². The van der Waals surface area contributed by atoms with Crippen LogP contribution in [-0.2, 0) is 10.0 Å². The Labute approximate surface area is 147 Å². The average Bonchev–Trinajstić information content (AvgIpc) is 3.03. The Bertz CT molecular complexity index is 1030. The molecule has 0 atom stereocenters. The molecule has 0 bridgehead atoms. The van der Waals surface area contributed by atoms with Crippen molar-refractivity contribution in [2.45, 2.75) is 11.8 Å². The van der Waals surface area contributed by atoms with Gasteiger partial charge in [-0.3, -0.25) is 14.8 Å². The first-order chi connectivity index (χ1) is 11.9. The van der Waals surface area contributed by atoms with E-state index >= 15 is 0 Å². The maximum absolute atomic E-state index is 12.4. The third-order valence-corrected chi connectivity index (χ3v) is 5.70. The van der Waals surface area contributed by atoms with Crippen LogP contribution in [0.1, 0.15) is 5.56 Å². The molecule has 10 heteroatoms. The molecule has 0 spiro atoms. The highest BCUT2D eigenvalue weighted by atomic mass is 32.2. The Morgan fingerprint density at radius 3 is 2.44 bits per heavy atom. The van der Waals surface area contributed by atoms with Crippen molar-refractivity contribution in [3.8, 4) is 10.6 Å². The highest BCUT2D eigenvalue weighted by Gasteiger charge is 2.26. The van der Waals surface area contributed by atoms with Gasteiger partial charge in [0.1, 0.15) is 5.01 Å². The summed E-state index contributed by atoms with van der Waals surface area (Å²) in [5, 5.41) is 19.4. The SMILES string of the molecule is Cc1ccc(-c2nnc(NS(=O)(=O)c3ccccc3[N+](=O)[O-])s2)cc1. The van der Waals surface area contributed by atoms with Gasteiger partial charge in [-0.15, -0.1) is 10.2 Å². The van der Waals surface area contributed by atoms with Crippen molar-refractivity contribution in [1.29, 1.82) is 0 Å². The fourth-order valence-corrected chi connectivity index (χ4v) is 4.23. The highest BCUT2D eigenvalue weighted by Crippen LogP contribution is 2.30. The van der Waals surface area contributed by atoms with Crippen molar-refractivity contribution >= 4 is 32.2 Å². The molecule has 0 amide bonds. The molecule has 0 saturated carbocycles. The summed E-state index contributed by atoms with van der Waals surface area (Å²) in [6.07, 6.45) is 0. The number of nitro groups is 1. The standard InChI is InChI=1S/C15H12N4O4S2/c1-10-6-8-11(9-7-10)14-16-17-15(24-14)18-25(22,23)13-5-3-2-4-12(13)19(20)21/h2-9H,1H3,(H,17,18). The molecule has 0 aliphatic rings. The van der Waals surface area contributed by atoms with E-state index in [2.05, 4.69) is 14.9 Å². The third kappa shape index (κ3) is 3.64. The number of nitrogens with one attached hydrogen (secondary N) is 1. The van der Waals surface area contributed by atoms with Gasteiger partial charge in [-0.2, -0.15) is 0 Å². The molecule has 128 valence electrons. The maximum atomic E-state index is 12.4. The average molecular weight is 376 g/mol. The Hall–Kier alpha value is -2.85. The van der Waals surface area contributed by atoms with Crippen LogP contribution in [0.2, 0.25) is 0 Å². The Morgan fingerprint density at radius 1 is 1.08 bits per heavy atom. The van der Waals surface area contributed by atoms with Crippen LogP contribution in [-0.4, -0.2) is 23.5 Å². The zero-order valence-corrected chi connectivity index (χ0v) is 14.5. The Balaban J connectivity index is 1.90. The number of nitrogens with zero attached hydrogens (tertiary/aromatic N) is 3. The number of hydrogen-bond acceptors (Lipinski definition) is 7. The second-order valence-electron chi connectivity index (χ2n) is 5.11. The fourth-order valence-electron chi connectivity index (χ4n) is 2.08. The van der Waals surface area contributed by atoms with E-state index in [0.29, 0.717) is 5.01 Å². The number of benzene rings is 2. The van der Waals surface area contributed by atoms with Gasteiger partial charge in [-0.05, 0) is 13.0 Å². The van der Waals surface area contributed by atoms with Gasteiger partial charge in [0, 0.05) is 11.6 Å². The molecule has 1 N–H and O–H groups in total. The van der Waals surface area contributed by atoms with Crippen LogP contribution in [0.25, 0.3) is 10.6 Å². The molecule has 3 aromatic rings. The molecule has 0 unspecified atom stereocenters. The summed E-state index contributed by atoms with van der Waals surface area (Å²) < 4.78 is 27.1. The first-order valence-electron chi connectivity index (χ1n) is 7.03. The van der Waals surface area contributed by atoms with Crippen LogP contribution in [0.5, 0.6) is 0 Å². The smallest absolute Gasteiger partial charge is 0.258 e. The number of sulfonamides is 1. The number of aromatic nitrogens is 2. The summed E-state index contributed by atoms with van der Waals surface area (Å²) in [6.45, 7) is 1.95. The molecular weight excluding hydrogens is 364 g/mol. The number of aryl methyl sites for hydroxylation is 1. The zero-order chi connectivity index (χ0) is 18.0. The minimum absolute atomic E-state index is 0.0359. The van der Waals surface area contributed by atoms with Gasteiger partial charge >= 0.3 is 0 Å². The number of rotatable bonds is 5. The molecule has 3 rings (SSSR count). The van der Waals surface area contributed by atoms with Crippen molar-refractivity contribution in [1.82, 2.24) is 10.2 Å². The number of anilines is 1. The lowest BCUT2D eigenvalue weighted by atomic mass is 10.2. The normalized spacial score (nSPS) is 11.2. The fraction of sp³-hybridized carbons (Fsp3) is 0.0667. The van der Waals surface area contributed by atoms with Crippen LogP contribution in [0.3, 0.4) is 0 Å². The molecule has 0 saturated heterocycles. The third-order valence-electron chi connectivity index (χ3n) is 3.30. The van der Waals surface area contributed by atoms with Crippen LogP contribution in [0.15, 0.2) is 53.4 Å². The summed E-state index contributed by atoms with van der Waals surface area (Å²) in [4.78, 5) is 9.86. The molecular formula is C15H12N4O4S2. The van der Waals surface area contributed by atoms with Gasteiger partial charge in [-0.1, -0.05) is 53.3 Å². The summed E-state index contributed by atoms with van der Waals surface area (Å²) in [5.74, 6) is 0. The van der Waals surface area contributed by atoms with Gasteiger partial charge in [0.05, 0.1) is 4.92 Å². The molecule has 25 heavy (non-hydrogen) atoms. The van der Waals surface area contributed by atoms with Gasteiger partial charge in [0.15, 0.2) is 4.90 Å². The summed E-state index contributed by atoms with van der Waals surface area (Å²) in [5.41, 5.74) is 1.39. The second-order valence-corrected chi connectivity index (χ2v) is 7.74. The van der Waals surface area contributed by atoms with Crippen molar-refractivity contribution in [3.63, 3.8) is 0 Å². The van der Waals surface area contributed by atoms with E-state index in [9.17, 15) is 18.5 Å². The predicted molar refractivity (Wildman–Crippen MR) is 94.0 cm³/mol. The molecule has 1 aromatic heterocycles.